The zero-order valence-corrected chi connectivity index (χ0v) is 14.7. The standard InChI is InChI=1S/C18H20Cl2N2O/c1-13(15-6-4-8-17(20)10-15)22(2)12-18(23)21-11-14-5-3-7-16(19)9-14/h3-10,13H,11-12H2,1-2H3,(H,21,23). The second-order valence-corrected chi connectivity index (χ2v) is 6.43. The van der Waals surface area contributed by atoms with E-state index in [4.69, 9.17) is 23.2 Å². The highest BCUT2D eigenvalue weighted by Crippen LogP contribution is 2.21. The van der Waals surface area contributed by atoms with Gasteiger partial charge in [-0.05, 0) is 49.4 Å². The van der Waals surface area contributed by atoms with Crippen LogP contribution in [0, 0.1) is 0 Å². The van der Waals surface area contributed by atoms with Crippen LogP contribution >= 0.6 is 23.2 Å². The highest BCUT2D eigenvalue weighted by atomic mass is 35.5. The van der Waals surface area contributed by atoms with Crippen molar-refractivity contribution < 1.29 is 4.79 Å². The molecule has 3 nitrogen and oxygen atoms in total. The molecule has 2 rings (SSSR count). The molecule has 1 N–H and O–H groups in total. The van der Waals surface area contributed by atoms with Gasteiger partial charge in [0.1, 0.15) is 0 Å². The van der Waals surface area contributed by atoms with Crippen LogP contribution in [0.15, 0.2) is 48.5 Å². The van der Waals surface area contributed by atoms with E-state index in [2.05, 4.69) is 12.2 Å². The monoisotopic (exact) mass is 350 g/mol. The van der Waals surface area contributed by atoms with E-state index in [1.165, 1.54) is 0 Å². The van der Waals surface area contributed by atoms with Crippen molar-refractivity contribution >= 4 is 29.1 Å². The number of carbonyl (C=O) groups excluding carboxylic acids is 1. The van der Waals surface area contributed by atoms with Crippen molar-refractivity contribution in [2.75, 3.05) is 13.6 Å². The molecule has 122 valence electrons. The van der Waals surface area contributed by atoms with Crippen LogP contribution in [-0.4, -0.2) is 24.4 Å². The molecule has 0 aliphatic heterocycles. The summed E-state index contributed by atoms with van der Waals surface area (Å²) in [5.74, 6) is -0.0265. The van der Waals surface area contributed by atoms with E-state index in [9.17, 15) is 4.79 Å². The summed E-state index contributed by atoms with van der Waals surface area (Å²) in [7, 11) is 1.92. The third-order valence-corrected chi connectivity index (χ3v) is 4.23. The minimum absolute atomic E-state index is 0.0265. The topological polar surface area (TPSA) is 32.3 Å². The van der Waals surface area contributed by atoms with Crippen LogP contribution in [0.4, 0.5) is 0 Å². The first-order valence-corrected chi connectivity index (χ1v) is 8.18. The Bertz CT molecular complexity index is 676. The Morgan fingerprint density at radius 3 is 2.43 bits per heavy atom. The molecular weight excluding hydrogens is 331 g/mol. The molecular formula is C18H20Cl2N2O. The fourth-order valence-electron chi connectivity index (χ4n) is 2.29. The number of rotatable bonds is 6. The van der Waals surface area contributed by atoms with Crippen molar-refractivity contribution in [3.05, 3.63) is 69.7 Å². The largest absolute Gasteiger partial charge is 0.351 e. The average Bonchev–Trinajstić information content (AvgIpc) is 2.52. The summed E-state index contributed by atoms with van der Waals surface area (Å²) in [4.78, 5) is 14.1. The number of nitrogens with one attached hydrogen (secondary N) is 1. The zero-order chi connectivity index (χ0) is 16.8. The molecule has 1 atom stereocenters. The number of halogens is 2. The van der Waals surface area contributed by atoms with E-state index in [0.717, 1.165) is 11.1 Å². The Kier molecular flexibility index (Phi) is 6.46. The SMILES string of the molecule is CC(c1cccc(Cl)c1)N(C)CC(=O)NCc1cccc(Cl)c1. The van der Waals surface area contributed by atoms with E-state index in [-0.39, 0.29) is 11.9 Å². The van der Waals surface area contributed by atoms with E-state index < -0.39 is 0 Å². The first-order chi connectivity index (χ1) is 11.0. The summed E-state index contributed by atoms with van der Waals surface area (Å²) < 4.78 is 0. The van der Waals surface area contributed by atoms with Crippen LogP contribution in [-0.2, 0) is 11.3 Å². The molecule has 0 aromatic heterocycles. The lowest BCUT2D eigenvalue weighted by Gasteiger charge is -2.24. The molecule has 23 heavy (non-hydrogen) atoms. The normalized spacial score (nSPS) is 12.2. The van der Waals surface area contributed by atoms with E-state index >= 15 is 0 Å². The number of likely N-dealkylation sites (N-methyl/N-ethyl adjacent to an activating group) is 1. The lowest BCUT2D eigenvalue weighted by atomic mass is 10.1. The van der Waals surface area contributed by atoms with Crippen LogP contribution in [0.5, 0.6) is 0 Å². The number of carbonyl (C=O) groups is 1. The number of nitrogens with zero attached hydrogens (tertiary/aromatic N) is 1. The van der Waals surface area contributed by atoms with Gasteiger partial charge in [0.15, 0.2) is 0 Å². The predicted octanol–water partition coefficient (Wildman–Crippen LogP) is 4.30. The molecule has 0 aliphatic rings. The predicted molar refractivity (Wildman–Crippen MR) is 95.8 cm³/mol. The Morgan fingerprint density at radius 1 is 1.13 bits per heavy atom. The molecule has 2 aromatic carbocycles. The van der Waals surface area contributed by atoms with Crippen LogP contribution in [0.1, 0.15) is 24.1 Å². The first-order valence-electron chi connectivity index (χ1n) is 7.42. The van der Waals surface area contributed by atoms with Gasteiger partial charge >= 0.3 is 0 Å². The summed E-state index contributed by atoms with van der Waals surface area (Å²) in [6.45, 7) is 2.84. The molecule has 1 amide bonds. The molecule has 2 aromatic rings. The van der Waals surface area contributed by atoms with Gasteiger partial charge in [0.05, 0.1) is 6.54 Å². The Morgan fingerprint density at radius 2 is 1.78 bits per heavy atom. The second kappa shape index (κ2) is 8.34. The number of hydrogen-bond acceptors (Lipinski definition) is 2. The van der Waals surface area contributed by atoms with E-state index in [1.54, 1.807) is 0 Å². The zero-order valence-electron chi connectivity index (χ0n) is 13.2. The van der Waals surface area contributed by atoms with Crippen molar-refractivity contribution in [3.8, 4) is 0 Å². The summed E-state index contributed by atoms with van der Waals surface area (Å²) in [5.41, 5.74) is 2.07. The molecule has 0 saturated heterocycles. The van der Waals surface area contributed by atoms with Gasteiger partial charge in [-0.2, -0.15) is 0 Å². The van der Waals surface area contributed by atoms with Crippen molar-refractivity contribution in [2.45, 2.75) is 19.5 Å². The molecule has 0 spiro atoms. The maximum Gasteiger partial charge on any atom is 0.234 e. The minimum atomic E-state index is -0.0265. The molecule has 0 saturated carbocycles. The minimum Gasteiger partial charge on any atom is -0.351 e. The van der Waals surface area contributed by atoms with Gasteiger partial charge in [-0.25, -0.2) is 0 Å². The van der Waals surface area contributed by atoms with Gasteiger partial charge in [0, 0.05) is 22.6 Å². The van der Waals surface area contributed by atoms with E-state index in [0.29, 0.717) is 23.1 Å². The van der Waals surface area contributed by atoms with Gasteiger partial charge in [-0.1, -0.05) is 47.5 Å². The molecule has 0 aliphatic carbocycles. The highest BCUT2D eigenvalue weighted by Gasteiger charge is 2.15. The van der Waals surface area contributed by atoms with Gasteiger partial charge in [-0.15, -0.1) is 0 Å². The number of amides is 1. The van der Waals surface area contributed by atoms with Gasteiger partial charge in [0.25, 0.3) is 0 Å². The van der Waals surface area contributed by atoms with Crippen molar-refractivity contribution in [3.63, 3.8) is 0 Å². The van der Waals surface area contributed by atoms with Crippen molar-refractivity contribution in [1.29, 1.82) is 0 Å². The van der Waals surface area contributed by atoms with Crippen LogP contribution < -0.4 is 5.32 Å². The number of hydrogen-bond donors (Lipinski definition) is 1. The highest BCUT2D eigenvalue weighted by molar-refractivity contribution is 6.30. The molecule has 0 bridgehead atoms. The van der Waals surface area contributed by atoms with Crippen LogP contribution in [0.25, 0.3) is 0 Å². The third-order valence-electron chi connectivity index (χ3n) is 3.76. The Balaban J connectivity index is 1.86. The molecule has 0 heterocycles. The van der Waals surface area contributed by atoms with E-state index in [1.807, 2.05) is 60.5 Å². The second-order valence-electron chi connectivity index (χ2n) is 5.55. The van der Waals surface area contributed by atoms with Gasteiger partial charge in [-0.3, -0.25) is 9.69 Å². The summed E-state index contributed by atoms with van der Waals surface area (Å²) in [5, 5.41) is 4.28. The lowest BCUT2D eigenvalue weighted by molar-refractivity contribution is -0.122. The van der Waals surface area contributed by atoms with Gasteiger partial charge in [0.2, 0.25) is 5.91 Å². The summed E-state index contributed by atoms with van der Waals surface area (Å²) in [6, 6.07) is 15.3. The molecule has 0 fully saturated rings. The van der Waals surface area contributed by atoms with Crippen molar-refractivity contribution in [1.82, 2.24) is 10.2 Å². The number of benzene rings is 2. The summed E-state index contributed by atoms with van der Waals surface area (Å²) >= 11 is 12.0. The maximum absolute atomic E-state index is 12.1. The first kappa shape index (κ1) is 17.8. The third kappa shape index (κ3) is 5.54. The average molecular weight is 351 g/mol. The molecule has 0 radical (unpaired) electrons. The fraction of sp³-hybridized carbons (Fsp3) is 0.278. The van der Waals surface area contributed by atoms with Gasteiger partial charge < -0.3 is 5.32 Å². The Hall–Kier alpha value is -1.55. The Labute approximate surface area is 147 Å². The van der Waals surface area contributed by atoms with Crippen LogP contribution in [0.3, 0.4) is 0 Å². The fourth-order valence-corrected chi connectivity index (χ4v) is 2.70. The summed E-state index contributed by atoms with van der Waals surface area (Å²) in [6.07, 6.45) is 0. The smallest absolute Gasteiger partial charge is 0.234 e. The maximum atomic E-state index is 12.1. The lowest BCUT2D eigenvalue weighted by Crippen LogP contribution is -2.36. The van der Waals surface area contributed by atoms with Crippen LogP contribution in [0.2, 0.25) is 10.0 Å². The molecule has 5 heteroatoms. The molecule has 1 unspecified atom stereocenters. The van der Waals surface area contributed by atoms with Crippen molar-refractivity contribution in [2.24, 2.45) is 0 Å². The quantitative estimate of drug-likeness (QED) is 0.842.